The van der Waals surface area contributed by atoms with Crippen molar-refractivity contribution in [2.45, 2.75) is 26.8 Å². The molecule has 1 aromatic carbocycles. The van der Waals surface area contributed by atoms with Crippen molar-refractivity contribution in [1.29, 1.82) is 0 Å². The van der Waals surface area contributed by atoms with E-state index < -0.39 is 0 Å². The molecule has 0 atom stereocenters. The fourth-order valence-electron chi connectivity index (χ4n) is 3.01. The third-order valence-electron chi connectivity index (χ3n) is 4.28. The number of thiazole rings is 1. The molecule has 8 heteroatoms. The van der Waals surface area contributed by atoms with Gasteiger partial charge in [0.15, 0.2) is 22.2 Å². The van der Waals surface area contributed by atoms with Crippen molar-refractivity contribution in [1.82, 2.24) is 14.8 Å². The van der Waals surface area contributed by atoms with E-state index in [1.165, 1.54) is 11.3 Å². The van der Waals surface area contributed by atoms with E-state index in [1.54, 1.807) is 17.9 Å². The van der Waals surface area contributed by atoms with Gasteiger partial charge < -0.3 is 9.15 Å². The van der Waals surface area contributed by atoms with Crippen LogP contribution in [0.1, 0.15) is 36.1 Å². The molecule has 0 radical (unpaired) electrons. The Hall–Kier alpha value is -3.13. The molecule has 1 amide bonds. The van der Waals surface area contributed by atoms with Gasteiger partial charge in [-0.2, -0.15) is 5.10 Å². The zero-order chi connectivity index (χ0) is 19.8. The fourth-order valence-corrected chi connectivity index (χ4v) is 3.70. The van der Waals surface area contributed by atoms with Gasteiger partial charge in [-0.3, -0.25) is 14.8 Å². The molecule has 0 bridgehead atoms. The van der Waals surface area contributed by atoms with E-state index in [0.717, 1.165) is 11.1 Å². The van der Waals surface area contributed by atoms with Crippen LogP contribution in [0.25, 0.3) is 22.4 Å². The van der Waals surface area contributed by atoms with Crippen LogP contribution in [0, 0.1) is 6.92 Å². The molecule has 0 spiro atoms. The normalized spacial score (nSPS) is 11.3. The second-order valence-electron chi connectivity index (χ2n) is 6.69. The molecule has 7 nitrogen and oxygen atoms in total. The quantitative estimate of drug-likeness (QED) is 0.519. The first-order valence-corrected chi connectivity index (χ1v) is 9.74. The van der Waals surface area contributed by atoms with Crippen molar-refractivity contribution in [3.63, 3.8) is 0 Å². The minimum atomic E-state index is -0.235. The summed E-state index contributed by atoms with van der Waals surface area (Å²) < 4.78 is 13.0. The first-order valence-electron chi connectivity index (χ1n) is 8.86. The number of amides is 1. The van der Waals surface area contributed by atoms with Crippen LogP contribution in [0.5, 0.6) is 5.75 Å². The number of aromatic nitrogens is 3. The molecule has 1 N–H and O–H groups in total. The summed E-state index contributed by atoms with van der Waals surface area (Å²) in [5.74, 6) is 1.06. The van der Waals surface area contributed by atoms with Crippen LogP contribution < -0.4 is 10.1 Å². The number of ether oxygens (including phenoxy) is 1. The fraction of sp³-hybridized carbons (Fsp3) is 0.250. The molecule has 0 saturated carbocycles. The number of methoxy groups -OCH3 is 1. The number of anilines is 1. The van der Waals surface area contributed by atoms with E-state index in [9.17, 15) is 4.79 Å². The van der Waals surface area contributed by atoms with E-state index in [1.807, 2.05) is 50.4 Å². The zero-order valence-corrected chi connectivity index (χ0v) is 16.8. The third kappa shape index (κ3) is 3.27. The molecule has 0 aliphatic carbocycles. The summed E-state index contributed by atoms with van der Waals surface area (Å²) in [5.41, 5.74) is 2.65. The first-order chi connectivity index (χ1) is 13.5. The molecule has 144 valence electrons. The Morgan fingerprint density at radius 1 is 1.32 bits per heavy atom. The second-order valence-corrected chi connectivity index (χ2v) is 7.55. The van der Waals surface area contributed by atoms with Crippen LogP contribution in [0.15, 0.2) is 40.1 Å². The van der Waals surface area contributed by atoms with Crippen molar-refractivity contribution in [2.24, 2.45) is 0 Å². The highest BCUT2D eigenvalue weighted by Crippen LogP contribution is 2.34. The molecular weight excluding hydrogens is 376 g/mol. The minimum Gasteiger partial charge on any atom is -0.493 e. The van der Waals surface area contributed by atoms with Gasteiger partial charge in [-0.25, -0.2) is 4.98 Å². The lowest BCUT2D eigenvalue weighted by atomic mass is 10.2. The number of hydrogen-bond acceptors (Lipinski definition) is 6. The van der Waals surface area contributed by atoms with Crippen LogP contribution in [-0.4, -0.2) is 27.8 Å². The largest absolute Gasteiger partial charge is 0.493 e. The SMILES string of the molecule is COc1cccc2cc(-c3csc(NC(=O)c4cc(C)nn4C(C)C)n3)oc12. The van der Waals surface area contributed by atoms with E-state index in [-0.39, 0.29) is 11.9 Å². The van der Waals surface area contributed by atoms with Gasteiger partial charge in [-0.15, -0.1) is 11.3 Å². The molecule has 3 aromatic heterocycles. The summed E-state index contributed by atoms with van der Waals surface area (Å²) in [6.07, 6.45) is 0. The van der Waals surface area contributed by atoms with Crippen molar-refractivity contribution in [3.05, 3.63) is 47.1 Å². The first kappa shape index (κ1) is 18.2. The molecule has 0 unspecified atom stereocenters. The van der Waals surface area contributed by atoms with E-state index >= 15 is 0 Å². The molecule has 0 saturated heterocycles. The Morgan fingerprint density at radius 2 is 2.14 bits per heavy atom. The predicted octanol–water partition coefficient (Wildman–Crippen LogP) is 4.90. The summed E-state index contributed by atoms with van der Waals surface area (Å²) in [6.45, 7) is 5.84. The Bertz CT molecular complexity index is 1160. The van der Waals surface area contributed by atoms with Gasteiger partial charge in [0.25, 0.3) is 5.91 Å². The molecule has 0 aliphatic heterocycles. The van der Waals surface area contributed by atoms with Gasteiger partial charge in [0.1, 0.15) is 11.4 Å². The number of carbonyl (C=O) groups excluding carboxylic acids is 1. The topological polar surface area (TPSA) is 82.2 Å². The van der Waals surface area contributed by atoms with E-state index in [2.05, 4.69) is 15.4 Å². The number of nitrogens with zero attached hydrogens (tertiary/aromatic N) is 3. The molecule has 3 heterocycles. The summed E-state index contributed by atoms with van der Waals surface area (Å²) in [6, 6.07) is 9.49. The highest BCUT2D eigenvalue weighted by Gasteiger charge is 2.18. The van der Waals surface area contributed by atoms with Gasteiger partial charge in [-0.05, 0) is 39.0 Å². The maximum atomic E-state index is 12.7. The third-order valence-corrected chi connectivity index (χ3v) is 5.04. The maximum absolute atomic E-state index is 12.7. The number of benzene rings is 1. The summed E-state index contributed by atoms with van der Waals surface area (Å²) >= 11 is 1.34. The average molecular weight is 396 g/mol. The summed E-state index contributed by atoms with van der Waals surface area (Å²) in [5, 5.41) is 10.5. The minimum absolute atomic E-state index is 0.0897. The van der Waals surface area contributed by atoms with Crippen LogP contribution in [0.4, 0.5) is 5.13 Å². The number of nitrogens with one attached hydrogen (secondary N) is 1. The smallest absolute Gasteiger partial charge is 0.275 e. The van der Waals surface area contributed by atoms with Crippen molar-refractivity contribution >= 4 is 33.3 Å². The molecule has 0 aliphatic rings. The van der Waals surface area contributed by atoms with Crippen molar-refractivity contribution in [2.75, 3.05) is 12.4 Å². The number of rotatable bonds is 5. The van der Waals surface area contributed by atoms with Gasteiger partial charge in [-0.1, -0.05) is 12.1 Å². The highest BCUT2D eigenvalue weighted by atomic mass is 32.1. The molecule has 28 heavy (non-hydrogen) atoms. The molecule has 4 aromatic rings. The van der Waals surface area contributed by atoms with Gasteiger partial charge >= 0.3 is 0 Å². The van der Waals surface area contributed by atoms with E-state index in [0.29, 0.717) is 33.6 Å². The Labute approximate surface area is 166 Å². The highest BCUT2D eigenvalue weighted by molar-refractivity contribution is 7.14. The standard InChI is InChI=1S/C20H20N4O3S/c1-11(2)24-15(8-12(3)23-24)19(25)22-20-21-14(10-28-20)17-9-13-6-5-7-16(26-4)18(13)27-17/h5-11H,1-4H3,(H,21,22,25). The number of aryl methyl sites for hydroxylation is 1. The number of furan rings is 1. The molecule has 4 rings (SSSR count). The Balaban J connectivity index is 1.59. The van der Waals surface area contributed by atoms with Crippen LogP contribution in [0.3, 0.4) is 0 Å². The van der Waals surface area contributed by atoms with Gasteiger partial charge in [0.2, 0.25) is 0 Å². The van der Waals surface area contributed by atoms with Crippen molar-refractivity contribution in [3.8, 4) is 17.2 Å². The molecular formula is C20H20N4O3S. The lowest BCUT2D eigenvalue weighted by Crippen LogP contribution is -2.18. The predicted molar refractivity (Wildman–Crippen MR) is 109 cm³/mol. The summed E-state index contributed by atoms with van der Waals surface area (Å²) in [4.78, 5) is 17.2. The maximum Gasteiger partial charge on any atom is 0.275 e. The van der Waals surface area contributed by atoms with Crippen LogP contribution >= 0.6 is 11.3 Å². The zero-order valence-electron chi connectivity index (χ0n) is 16.0. The number of carbonyl (C=O) groups is 1. The lowest BCUT2D eigenvalue weighted by molar-refractivity contribution is 0.101. The van der Waals surface area contributed by atoms with Gasteiger partial charge in [0.05, 0.1) is 12.8 Å². The monoisotopic (exact) mass is 396 g/mol. The summed E-state index contributed by atoms with van der Waals surface area (Å²) in [7, 11) is 1.61. The van der Waals surface area contributed by atoms with Crippen LogP contribution in [0.2, 0.25) is 0 Å². The lowest BCUT2D eigenvalue weighted by Gasteiger charge is -2.09. The Kier molecular flexibility index (Phi) is 4.64. The van der Waals surface area contributed by atoms with E-state index in [4.69, 9.17) is 9.15 Å². The van der Waals surface area contributed by atoms with Crippen molar-refractivity contribution < 1.29 is 13.9 Å². The van der Waals surface area contributed by atoms with Crippen LogP contribution in [-0.2, 0) is 0 Å². The molecule has 0 fully saturated rings. The second kappa shape index (κ2) is 7.12. The number of fused-ring (bicyclic) bond motifs is 1. The van der Waals surface area contributed by atoms with Gasteiger partial charge in [0, 0.05) is 16.8 Å². The number of hydrogen-bond donors (Lipinski definition) is 1. The average Bonchev–Trinajstić information content (AvgIpc) is 3.38. The Morgan fingerprint density at radius 3 is 2.89 bits per heavy atom. The number of para-hydroxylation sites is 1.